The number of ether oxygens (including phenoxy) is 2. The van der Waals surface area contributed by atoms with Gasteiger partial charge in [-0.05, 0) is 26.0 Å². The number of rotatable bonds is 2. The smallest absolute Gasteiger partial charge is 0.123 e. The van der Waals surface area contributed by atoms with Crippen molar-refractivity contribution in [3.8, 4) is 23.3 Å². The average Bonchev–Trinajstić information content (AvgIpc) is 2.25. The van der Waals surface area contributed by atoms with E-state index in [-0.39, 0.29) is 0 Å². The number of hydrogen-bond acceptors (Lipinski definition) is 2. The normalized spacial score (nSPS) is 10.3. The fourth-order valence-electron chi connectivity index (χ4n) is 1.10. The molecule has 86 valence electrons. The van der Waals surface area contributed by atoms with Gasteiger partial charge in [0, 0.05) is 11.6 Å². The van der Waals surface area contributed by atoms with Gasteiger partial charge in [0.25, 0.3) is 0 Å². The lowest BCUT2D eigenvalue weighted by Crippen LogP contribution is -2.04. The first-order valence-electron chi connectivity index (χ1n) is 4.90. The maximum absolute atomic E-state index is 5.99. The molecule has 2 nitrogen and oxygen atoms in total. The van der Waals surface area contributed by atoms with E-state index in [9.17, 15) is 0 Å². The summed E-state index contributed by atoms with van der Waals surface area (Å²) in [5.74, 6) is 7.37. The van der Waals surface area contributed by atoms with Crippen LogP contribution in [-0.2, 0) is 0 Å². The Hall–Kier alpha value is -1.33. The Morgan fingerprint density at radius 2 is 1.56 bits per heavy atom. The van der Waals surface area contributed by atoms with E-state index >= 15 is 0 Å². The summed E-state index contributed by atoms with van der Waals surface area (Å²) >= 11 is 5.99. The monoisotopic (exact) mass is 238 g/mol. The lowest BCUT2D eigenvalue weighted by Gasteiger charge is -2.06. The molecule has 16 heavy (non-hydrogen) atoms. The molecule has 0 aliphatic carbocycles. The van der Waals surface area contributed by atoms with Gasteiger partial charge in [-0.15, -0.1) is 11.6 Å². The van der Waals surface area contributed by atoms with Crippen LogP contribution in [-0.4, -0.2) is 19.1 Å². The minimum absolute atomic E-state index is 0.531. The quantitative estimate of drug-likeness (QED) is 0.582. The molecule has 0 bridgehead atoms. The molecular weight excluding hydrogens is 224 g/mol. The SMILES string of the molecule is COc1cc(C#CC(C)(C)Cl)cc(OC)c1. The highest BCUT2D eigenvalue weighted by Crippen LogP contribution is 2.22. The van der Waals surface area contributed by atoms with Gasteiger partial charge in [-0.2, -0.15) is 0 Å². The van der Waals surface area contributed by atoms with Gasteiger partial charge < -0.3 is 9.47 Å². The average molecular weight is 239 g/mol. The summed E-state index contributed by atoms with van der Waals surface area (Å²) in [5.41, 5.74) is 0.824. The van der Waals surface area contributed by atoms with Crippen molar-refractivity contribution in [1.29, 1.82) is 0 Å². The van der Waals surface area contributed by atoms with E-state index < -0.39 is 4.87 Å². The summed E-state index contributed by atoms with van der Waals surface area (Å²) in [6, 6.07) is 5.49. The van der Waals surface area contributed by atoms with E-state index in [0.29, 0.717) is 0 Å². The van der Waals surface area contributed by atoms with Crippen LogP contribution in [0.3, 0.4) is 0 Å². The van der Waals surface area contributed by atoms with Gasteiger partial charge in [-0.25, -0.2) is 0 Å². The third-order valence-electron chi connectivity index (χ3n) is 1.86. The fraction of sp³-hybridized carbons (Fsp3) is 0.385. The van der Waals surface area contributed by atoms with Crippen LogP contribution in [0.25, 0.3) is 0 Å². The van der Waals surface area contributed by atoms with Gasteiger partial charge >= 0.3 is 0 Å². The van der Waals surface area contributed by atoms with Gasteiger partial charge in [-0.1, -0.05) is 11.8 Å². The van der Waals surface area contributed by atoms with Gasteiger partial charge in [0.05, 0.1) is 19.1 Å². The molecule has 0 aromatic heterocycles. The zero-order valence-electron chi connectivity index (χ0n) is 9.93. The van der Waals surface area contributed by atoms with E-state index in [1.807, 2.05) is 26.0 Å². The first kappa shape index (κ1) is 12.7. The second-order valence-electron chi connectivity index (χ2n) is 3.82. The van der Waals surface area contributed by atoms with Crippen LogP contribution in [0.4, 0.5) is 0 Å². The number of alkyl halides is 1. The Morgan fingerprint density at radius 3 is 1.94 bits per heavy atom. The van der Waals surface area contributed by atoms with Gasteiger partial charge in [-0.3, -0.25) is 0 Å². The van der Waals surface area contributed by atoms with Crippen LogP contribution in [0.1, 0.15) is 19.4 Å². The van der Waals surface area contributed by atoms with E-state index in [1.165, 1.54) is 0 Å². The maximum Gasteiger partial charge on any atom is 0.123 e. The highest BCUT2D eigenvalue weighted by Gasteiger charge is 2.07. The molecule has 1 rings (SSSR count). The number of benzene rings is 1. The molecule has 1 aromatic carbocycles. The Kier molecular flexibility index (Phi) is 4.09. The Balaban J connectivity index is 3.07. The molecule has 0 saturated heterocycles. The molecule has 0 saturated carbocycles. The zero-order valence-corrected chi connectivity index (χ0v) is 10.7. The molecule has 0 radical (unpaired) electrons. The van der Waals surface area contributed by atoms with Crippen molar-refractivity contribution >= 4 is 11.6 Å². The third-order valence-corrected chi connectivity index (χ3v) is 1.95. The number of methoxy groups -OCH3 is 2. The molecule has 0 N–H and O–H groups in total. The summed E-state index contributed by atoms with van der Waals surface area (Å²) < 4.78 is 10.3. The van der Waals surface area contributed by atoms with E-state index in [1.54, 1.807) is 20.3 Å². The third kappa shape index (κ3) is 4.04. The largest absolute Gasteiger partial charge is 0.497 e. The van der Waals surface area contributed by atoms with Crippen LogP contribution in [0.2, 0.25) is 0 Å². The lowest BCUT2D eigenvalue weighted by atomic mass is 10.1. The maximum atomic E-state index is 5.99. The Bertz CT molecular complexity index is 400. The number of hydrogen-bond donors (Lipinski definition) is 0. The van der Waals surface area contributed by atoms with Gasteiger partial charge in [0.1, 0.15) is 11.5 Å². The Labute approximate surface area is 102 Å². The standard InChI is InChI=1S/C13H15ClO2/c1-13(2,14)6-5-10-7-11(15-3)9-12(8-10)16-4/h7-9H,1-4H3. The van der Waals surface area contributed by atoms with E-state index in [0.717, 1.165) is 17.1 Å². The summed E-state index contributed by atoms with van der Waals surface area (Å²) in [6.45, 7) is 3.69. The van der Waals surface area contributed by atoms with Gasteiger partial charge in [0.2, 0.25) is 0 Å². The molecule has 0 heterocycles. The van der Waals surface area contributed by atoms with Crippen LogP contribution in [0, 0.1) is 11.8 Å². The highest BCUT2D eigenvalue weighted by atomic mass is 35.5. The van der Waals surface area contributed by atoms with Crippen molar-refractivity contribution in [2.75, 3.05) is 14.2 Å². The van der Waals surface area contributed by atoms with Crippen molar-refractivity contribution < 1.29 is 9.47 Å². The summed E-state index contributed by atoms with van der Waals surface area (Å²) in [4.78, 5) is -0.531. The van der Waals surface area contributed by atoms with Crippen molar-refractivity contribution in [3.05, 3.63) is 23.8 Å². The Morgan fingerprint density at radius 1 is 1.06 bits per heavy atom. The predicted octanol–water partition coefficient (Wildman–Crippen LogP) is 3.07. The van der Waals surface area contributed by atoms with Crippen molar-refractivity contribution in [1.82, 2.24) is 0 Å². The first-order chi connectivity index (χ1) is 7.44. The molecule has 0 fully saturated rings. The van der Waals surface area contributed by atoms with E-state index in [2.05, 4.69) is 11.8 Å². The molecule has 0 spiro atoms. The number of halogens is 1. The topological polar surface area (TPSA) is 18.5 Å². The minimum atomic E-state index is -0.531. The van der Waals surface area contributed by atoms with Crippen molar-refractivity contribution in [3.63, 3.8) is 0 Å². The summed E-state index contributed by atoms with van der Waals surface area (Å²) in [5, 5.41) is 0. The molecule has 0 atom stereocenters. The lowest BCUT2D eigenvalue weighted by molar-refractivity contribution is 0.394. The molecule has 0 unspecified atom stereocenters. The molecule has 0 amide bonds. The summed E-state index contributed by atoms with van der Waals surface area (Å²) in [7, 11) is 3.22. The van der Waals surface area contributed by atoms with Crippen LogP contribution in [0.15, 0.2) is 18.2 Å². The van der Waals surface area contributed by atoms with Crippen LogP contribution in [0.5, 0.6) is 11.5 Å². The van der Waals surface area contributed by atoms with Crippen LogP contribution < -0.4 is 9.47 Å². The van der Waals surface area contributed by atoms with E-state index in [4.69, 9.17) is 21.1 Å². The van der Waals surface area contributed by atoms with Crippen LogP contribution >= 0.6 is 11.6 Å². The molecule has 3 heteroatoms. The van der Waals surface area contributed by atoms with Crippen molar-refractivity contribution in [2.45, 2.75) is 18.7 Å². The fourth-order valence-corrected chi connectivity index (χ4v) is 1.15. The minimum Gasteiger partial charge on any atom is -0.497 e. The first-order valence-corrected chi connectivity index (χ1v) is 5.27. The van der Waals surface area contributed by atoms with Crippen molar-refractivity contribution in [2.24, 2.45) is 0 Å². The second kappa shape index (κ2) is 5.14. The molecular formula is C13H15ClO2. The van der Waals surface area contributed by atoms with Gasteiger partial charge in [0.15, 0.2) is 0 Å². The summed E-state index contributed by atoms with van der Waals surface area (Å²) in [6.07, 6.45) is 0. The highest BCUT2D eigenvalue weighted by molar-refractivity contribution is 6.25. The molecule has 0 aliphatic heterocycles. The predicted molar refractivity (Wildman–Crippen MR) is 66.4 cm³/mol. The zero-order chi connectivity index (χ0) is 12.2. The molecule has 1 aromatic rings. The second-order valence-corrected chi connectivity index (χ2v) is 4.77. The molecule has 0 aliphatic rings.